The summed E-state index contributed by atoms with van der Waals surface area (Å²) in [4.78, 5) is 11.2. The van der Waals surface area contributed by atoms with Gasteiger partial charge < -0.3 is 5.73 Å². The molecule has 0 aliphatic heterocycles. The van der Waals surface area contributed by atoms with E-state index in [1.165, 1.54) is 5.56 Å². The molecular weight excluding hydrogens is 174 g/mol. The molecule has 1 aromatic rings. The number of carbonyl (C=O) groups is 1. The average molecular weight is 189 g/mol. The Morgan fingerprint density at radius 1 is 1.29 bits per heavy atom. The van der Waals surface area contributed by atoms with Crippen LogP contribution in [-0.4, -0.2) is 5.91 Å². The molecule has 1 aliphatic rings. The lowest BCUT2D eigenvalue weighted by Gasteiger charge is -2.27. The minimum atomic E-state index is -0.190. The zero-order valence-electron chi connectivity index (χ0n) is 8.36. The predicted molar refractivity (Wildman–Crippen MR) is 56.0 cm³/mol. The van der Waals surface area contributed by atoms with Crippen LogP contribution in [0.2, 0.25) is 0 Å². The lowest BCUT2D eigenvalue weighted by atomic mass is 9.77. The van der Waals surface area contributed by atoms with E-state index in [2.05, 4.69) is 13.0 Å². The van der Waals surface area contributed by atoms with Crippen molar-refractivity contribution in [1.82, 2.24) is 0 Å². The highest BCUT2D eigenvalue weighted by Gasteiger charge is 2.27. The molecule has 2 N–H and O–H groups in total. The SMILES string of the molecule is CC1CCC(C(N)=O)c2ccccc21. The first-order valence-electron chi connectivity index (χ1n) is 5.08. The molecule has 14 heavy (non-hydrogen) atoms. The summed E-state index contributed by atoms with van der Waals surface area (Å²) in [6, 6.07) is 8.14. The normalized spacial score (nSPS) is 25.5. The van der Waals surface area contributed by atoms with Crippen LogP contribution in [-0.2, 0) is 4.79 Å². The molecule has 0 saturated heterocycles. The van der Waals surface area contributed by atoms with Crippen molar-refractivity contribution in [3.8, 4) is 0 Å². The topological polar surface area (TPSA) is 43.1 Å². The van der Waals surface area contributed by atoms with Crippen LogP contribution in [0, 0.1) is 0 Å². The van der Waals surface area contributed by atoms with E-state index in [9.17, 15) is 4.79 Å². The number of rotatable bonds is 1. The van der Waals surface area contributed by atoms with Crippen LogP contribution in [0.15, 0.2) is 24.3 Å². The summed E-state index contributed by atoms with van der Waals surface area (Å²) >= 11 is 0. The first kappa shape index (κ1) is 9.25. The van der Waals surface area contributed by atoms with E-state index in [4.69, 9.17) is 5.73 Å². The maximum atomic E-state index is 11.2. The fourth-order valence-corrected chi connectivity index (χ4v) is 2.30. The minimum Gasteiger partial charge on any atom is -0.369 e. The number of hydrogen-bond acceptors (Lipinski definition) is 1. The van der Waals surface area contributed by atoms with Gasteiger partial charge >= 0.3 is 0 Å². The Hall–Kier alpha value is -1.31. The fraction of sp³-hybridized carbons (Fsp3) is 0.417. The predicted octanol–water partition coefficient (Wildman–Crippen LogP) is 2.15. The summed E-state index contributed by atoms with van der Waals surface area (Å²) < 4.78 is 0. The molecule has 0 spiro atoms. The Bertz CT molecular complexity index is 359. The molecule has 0 radical (unpaired) electrons. The van der Waals surface area contributed by atoms with Crippen LogP contribution >= 0.6 is 0 Å². The first-order valence-corrected chi connectivity index (χ1v) is 5.08. The van der Waals surface area contributed by atoms with Crippen LogP contribution in [0.25, 0.3) is 0 Å². The van der Waals surface area contributed by atoms with Gasteiger partial charge in [0.05, 0.1) is 5.92 Å². The fourth-order valence-electron chi connectivity index (χ4n) is 2.30. The van der Waals surface area contributed by atoms with Gasteiger partial charge in [-0.1, -0.05) is 31.2 Å². The Morgan fingerprint density at radius 2 is 1.93 bits per heavy atom. The molecule has 0 bridgehead atoms. The van der Waals surface area contributed by atoms with Crippen LogP contribution in [0.5, 0.6) is 0 Å². The summed E-state index contributed by atoms with van der Waals surface area (Å²) in [5, 5.41) is 0. The van der Waals surface area contributed by atoms with Crippen molar-refractivity contribution in [2.24, 2.45) is 5.73 Å². The monoisotopic (exact) mass is 189 g/mol. The van der Waals surface area contributed by atoms with Gasteiger partial charge in [-0.2, -0.15) is 0 Å². The summed E-state index contributed by atoms with van der Waals surface area (Å²) in [6.45, 7) is 2.20. The van der Waals surface area contributed by atoms with Crippen molar-refractivity contribution >= 4 is 5.91 Å². The van der Waals surface area contributed by atoms with E-state index >= 15 is 0 Å². The third kappa shape index (κ3) is 1.41. The molecule has 74 valence electrons. The van der Waals surface area contributed by atoms with Gasteiger partial charge in [-0.25, -0.2) is 0 Å². The van der Waals surface area contributed by atoms with Gasteiger partial charge in [0, 0.05) is 0 Å². The van der Waals surface area contributed by atoms with Crippen molar-refractivity contribution in [3.63, 3.8) is 0 Å². The standard InChI is InChI=1S/C12H15NO/c1-8-6-7-11(12(13)14)10-5-3-2-4-9(8)10/h2-5,8,11H,6-7H2,1H3,(H2,13,14). The molecule has 0 fully saturated rings. The number of primary amides is 1. The molecule has 2 rings (SSSR count). The van der Waals surface area contributed by atoms with E-state index in [0.717, 1.165) is 18.4 Å². The highest BCUT2D eigenvalue weighted by atomic mass is 16.1. The third-order valence-corrected chi connectivity index (χ3v) is 3.13. The van der Waals surface area contributed by atoms with E-state index in [0.29, 0.717) is 5.92 Å². The van der Waals surface area contributed by atoms with Crippen LogP contribution in [0.4, 0.5) is 0 Å². The highest BCUT2D eigenvalue weighted by molar-refractivity contribution is 5.82. The number of amides is 1. The van der Waals surface area contributed by atoms with Crippen molar-refractivity contribution in [2.45, 2.75) is 31.6 Å². The summed E-state index contributed by atoms with van der Waals surface area (Å²) in [5.74, 6) is 0.300. The molecule has 2 atom stereocenters. The number of benzene rings is 1. The van der Waals surface area contributed by atoms with Crippen molar-refractivity contribution in [3.05, 3.63) is 35.4 Å². The molecule has 2 unspecified atom stereocenters. The second kappa shape index (κ2) is 3.45. The van der Waals surface area contributed by atoms with E-state index in [1.54, 1.807) is 0 Å². The van der Waals surface area contributed by atoms with Crippen LogP contribution in [0.1, 0.15) is 42.7 Å². The Morgan fingerprint density at radius 3 is 2.57 bits per heavy atom. The number of hydrogen-bond donors (Lipinski definition) is 1. The van der Waals surface area contributed by atoms with Gasteiger partial charge in [-0.3, -0.25) is 4.79 Å². The van der Waals surface area contributed by atoms with Gasteiger partial charge in [-0.05, 0) is 29.9 Å². The molecular formula is C12H15NO. The molecule has 1 amide bonds. The van der Waals surface area contributed by atoms with Gasteiger partial charge in [0.25, 0.3) is 0 Å². The van der Waals surface area contributed by atoms with E-state index < -0.39 is 0 Å². The van der Waals surface area contributed by atoms with Crippen molar-refractivity contribution in [2.75, 3.05) is 0 Å². The lowest BCUT2D eigenvalue weighted by Crippen LogP contribution is -2.25. The molecule has 2 nitrogen and oxygen atoms in total. The number of fused-ring (bicyclic) bond motifs is 1. The molecule has 0 aromatic heterocycles. The number of carbonyl (C=O) groups excluding carboxylic acids is 1. The Labute approximate surface area is 84.1 Å². The van der Waals surface area contributed by atoms with Gasteiger partial charge in [0.1, 0.15) is 0 Å². The second-order valence-electron chi connectivity index (χ2n) is 4.06. The zero-order chi connectivity index (χ0) is 10.1. The van der Waals surface area contributed by atoms with E-state index in [-0.39, 0.29) is 11.8 Å². The summed E-state index contributed by atoms with van der Waals surface area (Å²) in [7, 11) is 0. The second-order valence-corrected chi connectivity index (χ2v) is 4.06. The minimum absolute atomic E-state index is 0.0672. The Kier molecular flexibility index (Phi) is 2.28. The molecule has 0 saturated carbocycles. The lowest BCUT2D eigenvalue weighted by molar-refractivity contribution is -0.119. The third-order valence-electron chi connectivity index (χ3n) is 3.13. The quantitative estimate of drug-likeness (QED) is 0.722. The van der Waals surface area contributed by atoms with Crippen molar-refractivity contribution < 1.29 is 4.79 Å². The maximum absolute atomic E-state index is 11.2. The van der Waals surface area contributed by atoms with Gasteiger partial charge in [0.15, 0.2) is 0 Å². The van der Waals surface area contributed by atoms with Gasteiger partial charge in [-0.15, -0.1) is 0 Å². The van der Waals surface area contributed by atoms with E-state index in [1.807, 2.05) is 18.2 Å². The summed E-state index contributed by atoms with van der Waals surface area (Å²) in [6.07, 6.45) is 1.96. The van der Waals surface area contributed by atoms with Crippen LogP contribution < -0.4 is 5.73 Å². The van der Waals surface area contributed by atoms with Crippen molar-refractivity contribution in [1.29, 1.82) is 0 Å². The average Bonchev–Trinajstić information content (AvgIpc) is 2.18. The highest BCUT2D eigenvalue weighted by Crippen LogP contribution is 2.37. The molecule has 2 heteroatoms. The summed E-state index contributed by atoms with van der Waals surface area (Å²) in [5.41, 5.74) is 7.82. The maximum Gasteiger partial charge on any atom is 0.224 e. The molecule has 1 aliphatic carbocycles. The largest absolute Gasteiger partial charge is 0.369 e. The molecule has 0 heterocycles. The van der Waals surface area contributed by atoms with Gasteiger partial charge in [0.2, 0.25) is 5.91 Å². The number of nitrogens with two attached hydrogens (primary N) is 1. The molecule has 1 aromatic carbocycles. The van der Waals surface area contributed by atoms with Crippen LogP contribution in [0.3, 0.4) is 0 Å². The zero-order valence-corrected chi connectivity index (χ0v) is 8.36. The first-order chi connectivity index (χ1) is 6.70. The smallest absolute Gasteiger partial charge is 0.224 e. The Balaban J connectivity index is 2.46.